The number of benzene rings is 2. The fraction of sp³-hybridized carbons (Fsp3) is 0.304. The summed E-state index contributed by atoms with van der Waals surface area (Å²) in [7, 11) is 0. The van der Waals surface area contributed by atoms with E-state index in [1.807, 2.05) is 68.4 Å². The van der Waals surface area contributed by atoms with Crippen molar-refractivity contribution in [3.05, 3.63) is 77.4 Å². The minimum Gasteiger partial charge on any atom is -0.335 e. The lowest BCUT2D eigenvalue weighted by Crippen LogP contribution is -2.33. The van der Waals surface area contributed by atoms with E-state index in [9.17, 15) is 4.79 Å². The van der Waals surface area contributed by atoms with Crippen LogP contribution in [0.15, 0.2) is 54.6 Å². The zero-order valence-electron chi connectivity index (χ0n) is 16.9. The highest BCUT2D eigenvalue weighted by atomic mass is 16.2. The first-order valence-corrected chi connectivity index (χ1v) is 9.85. The number of carbonyl (C=O) groups is 1. The summed E-state index contributed by atoms with van der Waals surface area (Å²) in [5.41, 5.74) is 3.12. The molecule has 2 aromatic carbocycles. The Labute approximate surface area is 171 Å². The van der Waals surface area contributed by atoms with Crippen molar-refractivity contribution in [2.45, 2.75) is 33.1 Å². The molecule has 29 heavy (non-hydrogen) atoms. The first kappa shape index (κ1) is 20.3. The molecule has 0 fully saturated rings. The maximum absolute atomic E-state index is 13.0. The Bertz CT molecular complexity index is 986. The molecule has 0 atom stereocenters. The van der Waals surface area contributed by atoms with Gasteiger partial charge in [0.2, 0.25) is 5.82 Å². The highest BCUT2D eigenvalue weighted by molar-refractivity contribution is 5.90. The van der Waals surface area contributed by atoms with Gasteiger partial charge in [-0.3, -0.25) is 4.79 Å². The molecular formula is C23H25N5O. The molecule has 0 saturated carbocycles. The lowest BCUT2D eigenvalue weighted by Gasteiger charge is -2.18. The summed E-state index contributed by atoms with van der Waals surface area (Å²) in [6.07, 6.45) is 1.68. The van der Waals surface area contributed by atoms with E-state index in [-0.39, 0.29) is 11.7 Å². The van der Waals surface area contributed by atoms with Crippen LogP contribution in [0.1, 0.15) is 47.3 Å². The number of amides is 1. The molecule has 148 valence electrons. The molecule has 0 saturated heterocycles. The lowest BCUT2D eigenvalue weighted by atomic mass is 10.1. The lowest BCUT2D eigenvalue weighted by molar-refractivity contribution is 0.0747. The number of hydrogen-bond donors (Lipinski definition) is 0. The molecule has 6 nitrogen and oxygen atoms in total. The summed E-state index contributed by atoms with van der Waals surface area (Å²) in [6.45, 7) is 5.00. The Hall–Kier alpha value is -3.46. The highest BCUT2D eigenvalue weighted by Gasteiger charge is 2.22. The van der Waals surface area contributed by atoms with Crippen LogP contribution in [0, 0.1) is 18.3 Å². The van der Waals surface area contributed by atoms with Gasteiger partial charge in [0.05, 0.1) is 18.2 Å². The molecule has 1 heterocycles. The normalized spacial score (nSPS) is 10.5. The predicted molar refractivity (Wildman–Crippen MR) is 112 cm³/mol. The predicted octanol–water partition coefficient (Wildman–Crippen LogP) is 3.93. The molecule has 0 aliphatic heterocycles. The van der Waals surface area contributed by atoms with Crippen LogP contribution in [0.4, 0.5) is 0 Å². The third-order valence-corrected chi connectivity index (χ3v) is 4.62. The van der Waals surface area contributed by atoms with Crippen LogP contribution in [-0.2, 0) is 6.42 Å². The molecule has 1 aromatic heterocycles. The van der Waals surface area contributed by atoms with Crippen molar-refractivity contribution in [3.63, 3.8) is 0 Å². The van der Waals surface area contributed by atoms with Crippen molar-refractivity contribution >= 4 is 5.91 Å². The van der Waals surface area contributed by atoms with Crippen molar-refractivity contribution in [3.8, 4) is 11.8 Å². The van der Waals surface area contributed by atoms with E-state index in [1.54, 1.807) is 9.58 Å². The maximum atomic E-state index is 13.0. The van der Waals surface area contributed by atoms with Crippen LogP contribution in [0.3, 0.4) is 0 Å². The van der Waals surface area contributed by atoms with Crippen LogP contribution >= 0.6 is 0 Å². The van der Waals surface area contributed by atoms with Crippen molar-refractivity contribution in [1.82, 2.24) is 19.7 Å². The van der Waals surface area contributed by atoms with Gasteiger partial charge in [0.15, 0.2) is 0 Å². The van der Waals surface area contributed by atoms with Crippen LogP contribution in [0.2, 0.25) is 0 Å². The van der Waals surface area contributed by atoms with E-state index in [0.29, 0.717) is 31.8 Å². The monoisotopic (exact) mass is 387 g/mol. The van der Waals surface area contributed by atoms with Gasteiger partial charge in [-0.05, 0) is 31.0 Å². The summed E-state index contributed by atoms with van der Waals surface area (Å²) in [6, 6.07) is 20.1. The number of hydrogen-bond acceptors (Lipinski definition) is 4. The number of nitriles is 1. The fourth-order valence-electron chi connectivity index (χ4n) is 3.13. The maximum Gasteiger partial charge on any atom is 0.293 e. The smallest absolute Gasteiger partial charge is 0.293 e. The fourth-order valence-corrected chi connectivity index (χ4v) is 3.13. The molecule has 0 unspecified atom stereocenters. The van der Waals surface area contributed by atoms with Crippen LogP contribution in [-0.4, -0.2) is 38.7 Å². The molecular weight excluding hydrogens is 362 g/mol. The third-order valence-electron chi connectivity index (χ3n) is 4.62. The van der Waals surface area contributed by atoms with Gasteiger partial charge >= 0.3 is 0 Å². The zero-order valence-corrected chi connectivity index (χ0v) is 16.9. The zero-order chi connectivity index (χ0) is 20.6. The average molecular weight is 387 g/mol. The standard InChI is InChI=1S/C23H25N5O/c1-3-15-27(16-7-14-24)23(29)22-25-21(17-19-8-5-4-6-9-19)28(26-22)20-12-10-18(2)11-13-20/h4-6,8-13H,3,7,15-17H2,1-2H3. The summed E-state index contributed by atoms with van der Waals surface area (Å²) >= 11 is 0. The second-order valence-corrected chi connectivity index (χ2v) is 6.96. The molecule has 6 heteroatoms. The van der Waals surface area contributed by atoms with Crippen LogP contribution < -0.4 is 0 Å². The number of nitrogens with zero attached hydrogens (tertiary/aromatic N) is 5. The quantitative estimate of drug-likeness (QED) is 0.587. The summed E-state index contributed by atoms with van der Waals surface area (Å²) < 4.78 is 1.74. The van der Waals surface area contributed by atoms with E-state index in [4.69, 9.17) is 5.26 Å². The molecule has 0 aliphatic carbocycles. The molecule has 3 rings (SSSR count). The van der Waals surface area contributed by atoms with Crippen molar-refractivity contribution in [1.29, 1.82) is 5.26 Å². The number of aryl methyl sites for hydroxylation is 1. The Kier molecular flexibility index (Phi) is 6.75. The van der Waals surface area contributed by atoms with E-state index in [1.165, 1.54) is 0 Å². The summed E-state index contributed by atoms with van der Waals surface area (Å²) in [4.78, 5) is 19.3. The van der Waals surface area contributed by atoms with E-state index < -0.39 is 0 Å². The van der Waals surface area contributed by atoms with Gasteiger partial charge in [-0.1, -0.05) is 55.0 Å². The topological polar surface area (TPSA) is 74.8 Å². The Balaban J connectivity index is 1.98. The van der Waals surface area contributed by atoms with Gasteiger partial charge in [-0.25, -0.2) is 9.67 Å². The molecule has 0 spiro atoms. The van der Waals surface area contributed by atoms with E-state index >= 15 is 0 Å². The van der Waals surface area contributed by atoms with Gasteiger partial charge in [0.25, 0.3) is 5.91 Å². The van der Waals surface area contributed by atoms with Gasteiger partial charge in [-0.2, -0.15) is 5.26 Å². The number of aromatic nitrogens is 3. The Morgan fingerprint density at radius 1 is 1.10 bits per heavy atom. The second kappa shape index (κ2) is 9.65. The Morgan fingerprint density at radius 3 is 2.48 bits per heavy atom. The first-order chi connectivity index (χ1) is 14.1. The van der Waals surface area contributed by atoms with Crippen molar-refractivity contribution in [2.24, 2.45) is 0 Å². The molecule has 0 radical (unpaired) electrons. The third kappa shape index (κ3) is 5.08. The first-order valence-electron chi connectivity index (χ1n) is 9.85. The van der Waals surface area contributed by atoms with Gasteiger partial charge in [0, 0.05) is 19.5 Å². The van der Waals surface area contributed by atoms with Crippen molar-refractivity contribution in [2.75, 3.05) is 13.1 Å². The highest BCUT2D eigenvalue weighted by Crippen LogP contribution is 2.16. The summed E-state index contributed by atoms with van der Waals surface area (Å²) in [5.74, 6) is 0.644. The number of rotatable bonds is 8. The van der Waals surface area contributed by atoms with Gasteiger partial charge in [0.1, 0.15) is 5.82 Å². The summed E-state index contributed by atoms with van der Waals surface area (Å²) in [5, 5.41) is 13.4. The second-order valence-electron chi connectivity index (χ2n) is 6.96. The molecule has 0 aliphatic rings. The average Bonchev–Trinajstić information content (AvgIpc) is 3.15. The largest absolute Gasteiger partial charge is 0.335 e. The molecule has 0 N–H and O–H groups in total. The van der Waals surface area contributed by atoms with E-state index in [2.05, 4.69) is 16.2 Å². The minimum atomic E-state index is -0.234. The number of carbonyl (C=O) groups excluding carboxylic acids is 1. The SMILES string of the molecule is CCCN(CCC#N)C(=O)c1nc(Cc2ccccc2)n(-c2ccc(C)cc2)n1. The van der Waals surface area contributed by atoms with Crippen molar-refractivity contribution < 1.29 is 4.79 Å². The molecule has 0 bridgehead atoms. The van der Waals surface area contributed by atoms with E-state index in [0.717, 1.165) is 23.2 Å². The van der Waals surface area contributed by atoms with Crippen LogP contribution in [0.25, 0.3) is 5.69 Å². The van der Waals surface area contributed by atoms with Gasteiger partial charge in [-0.15, -0.1) is 5.10 Å². The molecule has 1 amide bonds. The van der Waals surface area contributed by atoms with Crippen LogP contribution in [0.5, 0.6) is 0 Å². The van der Waals surface area contributed by atoms with Gasteiger partial charge < -0.3 is 4.90 Å². The Morgan fingerprint density at radius 2 is 1.83 bits per heavy atom. The molecule has 3 aromatic rings. The minimum absolute atomic E-state index is 0.169.